The fourth-order valence-corrected chi connectivity index (χ4v) is 8.50. The van der Waals surface area contributed by atoms with Crippen LogP contribution in [0, 0.1) is 23.6 Å². The second kappa shape index (κ2) is 10.8. The van der Waals surface area contributed by atoms with E-state index in [-0.39, 0.29) is 22.8 Å². The van der Waals surface area contributed by atoms with Crippen LogP contribution in [0.2, 0.25) is 10.0 Å². The molecule has 4 atom stereocenters. The maximum absolute atomic E-state index is 15.9. The number of hydrogen-bond donors (Lipinski definition) is 2. The first-order valence-electron chi connectivity index (χ1n) is 14.6. The Kier molecular flexibility index (Phi) is 7.54. The molecular weight excluding hydrogens is 534 g/mol. The SMILES string of the molecule is CC1CCC(CC(=O)[C@@H]2N[C@@H](CC3CCCC3)[C@@]3(C(=O)Nc4cc(Cl)ccc43)[C@H]2c2cccc(Cl)c2F)CC1. The average Bonchev–Trinajstić information content (AvgIpc) is 3.61. The summed E-state index contributed by atoms with van der Waals surface area (Å²) < 4.78 is 15.9. The van der Waals surface area contributed by atoms with Crippen LogP contribution in [-0.2, 0) is 15.0 Å². The lowest BCUT2D eigenvalue weighted by Crippen LogP contribution is -2.49. The number of halogens is 3. The molecule has 2 aliphatic heterocycles. The Morgan fingerprint density at radius 3 is 2.51 bits per heavy atom. The average molecular weight is 572 g/mol. The molecule has 0 aromatic heterocycles. The van der Waals surface area contributed by atoms with Gasteiger partial charge in [0.2, 0.25) is 5.91 Å². The molecule has 0 unspecified atom stereocenters. The van der Waals surface area contributed by atoms with Crippen molar-refractivity contribution >= 4 is 40.6 Å². The predicted molar refractivity (Wildman–Crippen MR) is 154 cm³/mol. The summed E-state index contributed by atoms with van der Waals surface area (Å²) in [7, 11) is 0. The number of benzene rings is 2. The molecule has 2 aromatic rings. The normalized spacial score (nSPS) is 32.5. The molecule has 4 nitrogen and oxygen atoms in total. The molecule has 2 aromatic carbocycles. The minimum atomic E-state index is -1.14. The number of rotatable bonds is 6. The van der Waals surface area contributed by atoms with Gasteiger partial charge < -0.3 is 10.6 Å². The van der Waals surface area contributed by atoms with Crippen LogP contribution in [0.5, 0.6) is 0 Å². The van der Waals surface area contributed by atoms with E-state index in [0.29, 0.717) is 40.4 Å². The van der Waals surface area contributed by atoms with E-state index in [1.807, 2.05) is 6.07 Å². The van der Waals surface area contributed by atoms with Gasteiger partial charge in [-0.3, -0.25) is 9.59 Å². The highest BCUT2D eigenvalue weighted by Gasteiger charge is 2.65. The van der Waals surface area contributed by atoms with E-state index in [1.54, 1.807) is 24.3 Å². The second-order valence-corrected chi connectivity index (χ2v) is 13.4. The summed E-state index contributed by atoms with van der Waals surface area (Å²) in [5.74, 6) is 0.0878. The predicted octanol–water partition coefficient (Wildman–Crippen LogP) is 7.81. The largest absolute Gasteiger partial charge is 0.325 e. The molecule has 2 aliphatic carbocycles. The zero-order valence-electron chi connectivity index (χ0n) is 22.4. The van der Waals surface area contributed by atoms with Crippen LogP contribution >= 0.6 is 23.2 Å². The number of ketones is 1. The molecule has 3 fully saturated rings. The number of anilines is 1. The maximum atomic E-state index is 15.9. The molecule has 2 heterocycles. The summed E-state index contributed by atoms with van der Waals surface area (Å²) in [6.07, 6.45) is 10.1. The van der Waals surface area contributed by atoms with Crippen molar-refractivity contribution in [2.24, 2.45) is 17.8 Å². The van der Waals surface area contributed by atoms with E-state index in [4.69, 9.17) is 23.2 Å². The zero-order chi connectivity index (χ0) is 27.3. The minimum absolute atomic E-state index is 0.00379. The van der Waals surface area contributed by atoms with Crippen LogP contribution in [0.4, 0.5) is 10.1 Å². The van der Waals surface area contributed by atoms with Gasteiger partial charge in [-0.15, -0.1) is 0 Å². The highest BCUT2D eigenvalue weighted by molar-refractivity contribution is 6.31. The van der Waals surface area contributed by atoms with Crippen molar-refractivity contribution in [1.29, 1.82) is 0 Å². The molecule has 1 spiro atoms. The summed E-state index contributed by atoms with van der Waals surface area (Å²) in [5, 5.41) is 7.28. The van der Waals surface area contributed by atoms with E-state index in [2.05, 4.69) is 17.6 Å². The highest BCUT2D eigenvalue weighted by Crippen LogP contribution is 2.57. The number of amides is 1. The topological polar surface area (TPSA) is 58.2 Å². The molecule has 1 amide bonds. The number of Topliss-reactive ketones (excluding diaryl/α,β-unsaturated/α-hetero) is 1. The third-order valence-electron chi connectivity index (χ3n) is 10.1. The van der Waals surface area contributed by atoms with Crippen LogP contribution in [0.25, 0.3) is 0 Å². The van der Waals surface area contributed by atoms with Crippen molar-refractivity contribution in [1.82, 2.24) is 5.32 Å². The van der Waals surface area contributed by atoms with Crippen LogP contribution in [-0.4, -0.2) is 23.8 Å². The van der Waals surface area contributed by atoms with Gasteiger partial charge in [0.15, 0.2) is 5.78 Å². The van der Waals surface area contributed by atoms with Gasteiger partial charge in [-0.25, -0.2) is 4.39 Å². The first-order valence-corrected chi connectivity index (χ1v) is 15.4. The van der Waals surface area contributed by atoms with Gasteiger partial charge in [-0.1, -0.05) is 86.8 Å². The summed E-state index contributed by atoms with van der Waals surface area (Å²) in [4.78, 5) is 28.5. The van der Waals surface area contributed by atoms with Crippen molar-refractivity contribution in [3.8, 4) is 0 Å². The number of fused-ring (bicyclic) bond motifs is 2. The van der Waals surface area contributed by atoms with Crippen molar-refractivity contribution in [3.05, 3.63) is 63.4 Å². The number of nitrogens with one attached hydrogen (secondary N) is 2. The zero-order valence-corrected chi connectivity index (χ0v) is 24.0. The highest BCUT2D eigenvalue weighted by atomic mass is 35.5. The Morgan fingerprint density at radius 1 is 1.03 bits per heavy atom. The lowest BCUT2D eigenvalue weighted by Gasteiger charge is -2.36. The molecule has 2 N–H and O–H groups in total. The van der Waals surface area contributed by atoms with Gasteiger partial charge >= 0.3 is 0 Å². The summed E-state index contributed by atoms with van der Waals surface area (Å²) in [6.45, 7) is 2.27. The quantitative estimate of drug-likeness (QED) is 0.372. The number of carbonyl (C=O) groups excluding carboxylic acids is 2. The Balaban J connectivity index is 1.48. The monoisotopic (exact) mass is 570 g/mol. The molecule has 7 heteroatoms. The Labute approximate surface area is 240 Å². The first kappa shape index (κ1) is 27.2. The van der Waals surface area contributed by atoms with E-state index >= 15 is 4.39 Å². The Bertz CT molecular complexity index is 1270. The van der Waals surface area contributed by atoms with Gasteiger partial charge in [0.1, 0.15) is 11.2 Å². The van der Waals surface area contributed by atoms with Crippen LogP contribution < -0.4 is 10.6 Å². The van der Waals surface area contributed by atoms with Gasteiger partial charge in [-0.2, -0.15) is 0 Å². The molecule has 0 radical (unpaired) electrons. The standard InChI is InChI=1S/C32H37Cl2FN2O2/c1-18-9-11-20(12-10-18)15-26(38)30-28(22-7-4-8-24(34)29(22)35)32(27(37-30)16-19-5-2-3-6-19)23-14-13-21(33)17-25(23)36-31(32)39/h4,7-8,13-14,17-20,27-28,30,37H,2-3,5-6,9-12,15-16H2,1H3,(H,36,39)/t18?,20?,27-,28-,30-,32+/m0/s1. The Hall–Kier alpha value is -1.95. The van der Waals surface area contributed by atoms with E-state index in [0.717, 1.165) is 50.5 Å². The summed E-state index contributed by atoms with van der Waals surface area (Å²) in [6, 6.07) is 9.40. The van der Waals surface area contributed by atoms with Gasteiger partial charge in [0.25, 0.3) is 0 Å². The third-order valence-corrected chi connectivity index (χ3v) is 10.7. The molecule has 2 saturated carbocycles. The van der Waals surface area contributed by atoms with Gasteiger partial charge in [0.05, 0.1) is 11.1 Å². The fraction of sp³-hybridized carbons (Fsp3) is 0.562. The lowest BCUT2D eigenvalue weighted by molar-refractivity contribution is -0.123. The third kappa shape index (κ3) is 4.73. The smallest absolute Gasteiger partial charge is 0.237 e. The van der Waals surface area contributed by atoms with E-state index in [1.165, 1.54) is 18.9 Å². The first-order chi connectivity index (χ1) is 18.8. The van der Waals surface area contributed by atoms with E-state index < -0.39 is 23.2 Å². The van der Waals surface area contributed by atoms with Crippen molar-refractivity contribution in [3.63, 3.8) is 0 Å². The number of hydrogen-bond acceptors (Lipinski definition) is 3. The van der Waals surface area contributed by atoms with Gasteiger partial charge in [0, 0.05) is 29.1 Å². The molecule has 6 rings (SSSR count). The summed E-state index contributed by atoms with van der Waals surface area (Å²) in [5.41, 5.74) is 0.624. The fourth-order valence-electron chi connectivity index (χ4n) is 8.15. The molecule has 208 valence electrons. The van der Waals surface area contributed by atoms with Crippen LogP contribution in [0.1, 0.15) is 88.2 Å². The minimum Gasteiger partial charge on any atom is -0.325 e. The van der Waals surface area contributed by atoms with Crippen LogP contribution in [0.15, 0.2) is 36.4 Å². The van der Waals surface area contributed by atoms with Crippen molar-refractivity contribution < 1.29 is 14.0 Å². The molecular formula is C32H37Cl2FN2O2. The van der Waals surface area contributed by atoms with E-state index in [9.17, 15) is 9.59 Å². The maximum Gasteiger partial charge on any atom is 0.237 e. The van der Waals surface area contributed by atoms with Crippen LogP contribution in [0.3, 0.4) is 0 Å². The van der Waals surface area contributed by atoms with Crippen molar-refractivity contribution in [2.45, 2.75) is 94.5 Å². The van der Waals surface area contributed by atoms with Crippen molar-refractivity contribution in [2.75, 3.05) is 5.32 Å². The summed E-state index contributed by atoms with van der Waals surface area (Å²) >= 11 is 12.7. The molecule has 39 heavy (non-hydrogen) atoms. The molecule has 1 saturated heterocycles. The Morgan fingerprint density at radius 2 is 1.77 bits per heavy atom. The molecule has 0 bridgehead atoms. The van der Waals surface area contributed by atoms with Gasteiger partial charge in [-0.05, 0) is 66.3 Å². The lowest BCUT2D eigenvalue weighted by atomic mass is 9.62. The molecule has 4 aliphatic rings. The number of carbonyl (C=O) groups is 2. The second-order valence-electron chi connectivity index (χ2n) is 12.5.